The smallest absolute Gasteiger partial charge is 0.320 e. The Labute approximate surface area is 153 Å². The van der Waals surface area contributed by atoms with Crippen LogP contribution in [0.25, 0.3) is 21.7 Å². The number of carboxylic acid groups (broad SMARTS) is 1. The van der Waals surface area contributed by atoms with Crippen molar-refractivity contribution in [3.8, 4) is 17.4 Å². The first kappa shape index (κ1) is 17.5. The molecule has 2 atom stereocenters. The van der Waals surface area contributed by atoms with Crippen LogP contribution >= 0.6 is 23.7 Å². The van der Waals surface area contributed by atoms with Gasteiger partial charge in [-0.25, -0.2) is 4.98 Å². The molecule has 25 heavy (non-hydrogen) atoms. The number of fused-ring (bicyclic) bond motifs is 1. The van der Waals surface area contributed by atoms with Gasteiger partial charge in [0, 0.05) is 19.2 Å². The van der Waals surface area contributed by atoms with E-state index in [0.29, 0.717) is 30.4 Å². The molecule has 0 bridgehead atoms. The number of aromatic nitrogens is 3. The van der Waals surface area contributed by atoms with Gasteiger partial charge in [-0.1, -0.05) is 6.07 Å². The number of ether oxygens (including phenoxy) is 1. The van der Waals surface area contributed by atoms with Gasteiger partial charge in [-0.3, -0.25) is 9.78 Å². The fraction of sp³-hybridized carbons (Fsp3) is 0.250. The minimum Gasteiger partial charge on any atom is -0.480 e. The molecule has 3 aromatic rings. The van der Waals surface area contributed by atoms with Gasteiger partial charge in [-0.15, -0.1) is 23.7 Å². The maximum atomic E-state index is 11.1. The number of pyridine rings is 1. The van der Waals surface area contributed by atoms with Crippen molar-refractivity contribution < 1.29 is 14.6 Å². The van der Waals surface area contributed by atoms with E-state index in [-0.39, 0.29) is 18.5 Å². The molecular formula is C16H15ClN4O3S. The molecule has 7 nitrogen and oxygen atoms in total. The number of hydrogen-bond donors (Lipinski definition) is 2. The van der Waals surface area contributed by atoms with Crippen molar-refractivity contribution in [3.05, 3.63) is 35.8 Å². The van der Waals surface area contributed by atoms with E-state index in [1.807, 2.05) is 29.6 Å². The number of nitrogens with zero attached hydrogens (tertiary/aromatic N) is 3. The molecule has 0 aliphatic carbocycles. The quantitative estimate of drug-likeness (QED) is 0.719. The Kier molecular flexibility index (Phi) is 5.12. The molecule has 2 unspecified atom stereocenters. The Morgan fingerprint density at radius 1 is 1.32 bits per heavy atom. The van der Waals surface area contributed by atoms with Crippen LogP contribution in [0.2, 0.25) is 0 Å². The topological polar surface area (TPSA) is 97.2 Å². The van der Waals surface area contributed by atoms with Crippen LogP contribution in [-0.4, -0.2) is 44.7 Å². The minimum absolute atomic E-state index is 0. The third-order valence-electron chi connectivity index (χ3n) is 3.85. The van der Waals surface area contributed by atoms with Gasteiger partial charge in [0.05, 0.1) is 5.39 Å². The predicted molar refractivity (Wildman–Crippen MR) is 96.4 cm³/mol. The van der Waals surface area contributed by atoms with Crippen molar-refractivity contribution in [2.45, 2.75) is 18.6 Å². The lowest BCUT2D eigenvalue weighted by atomic mass is 10.2. The first-order valence-electron chi connectivity index (χ1n) is 7.50. The average molecular weight is 379 g/mol. The average Bonchev–Trinajstić information content (AvgIpc) is 3.24. The van der Waals surface area contributed by atoms with Gasteiger partial charge >= 0.3 is 5.97 Å². The molecule has 0 saturated carbocycles. The summed E-state index contributed by atoms with van der Waals surface area (Å²) >= 11 is 1.51. The zero-order valence-corrected chi connectivity index (χ0v) is 14.6. The third-order valence-corrected chi connectivity index (χ3v) is 4.66. The summed E-state index contributed by atoms with van der Waals surface area (Å²) < 4.78 is 5.99. The lowest BCUT2D eigenvalue weighted by molar-refractivity contribution is -0.139. The standard InChI is InChI=1S/C16H14N4O3S.ClH/c21-16(22)12-7-9(8-18-12)23-14-10-4-6-24-15(10)20-13(19-14)11-3-1-2-5-17-11;/h1-6,9,12,18H,7-8H2,(H,21,22);1H. The molecule has 9 heteroatoms. The van der Waals surface area contributed by atoms with Crippen LogP contribution in [-0.2, 0) is 4.79 Å². The molecule has 4 heterocycles. The maximum absolute atomic E-state index is 11.1. The van der Waals surface area contributed by atoms with E-state index >= 15 is 0 Å². The third kappa shape index (κ3) is 3.55. The molecule has 0 amide bonds. The second-order valence-corrected chi connectivity index (χ2v) is 6.38. The second-order valence-electron chi connectivity index (χ2n) is 5.48. The van der Waals surface area contributed by atoms with E-state index < -0.39 is 12.0 Å². The lowest BCUT2D eigenvalue weighted by Crippen LogP contribution is -2.30. The van der Waals surface area contributed by atoms with Crippen LogP contribution in [0.3, 0.4) is 0 Å². The van der Waals surface area contributed by atoms with Crippen molar-refractivity contribution in [3.63, 3.8) is 0 Å². The molecule has 1 saturated heterocycles. The maximum Gasteiger partial charge on any atom is 0.320 e. The number of carboxylic acids is 1. The Bertz CT molecular complexity index is 889. The number of carbonyl (C=O) groups is 1. The number of rotatable bonds is 4. The summed E-state index contributed by atoms with van der Waals surface area (Å²) in [5, 5.41) is 14.8. The Morgan fingerprint density at radius 2 is 2.20 bits per heavy atom. The highest BCUT2D eigenvalue weighted by Crippen LogP contribution is 2.30. The zero-order chi connectivity index (χ0) is 16.5. The zero-order valence-electron chi connectivity index (χ0n) is 13.0. The van der Waals surface area contributed by atoms with Gasteiger partial charge in [0.1, 0.15) is 22.7 Å². The van der Waals surface area contributed by atoms with E-state index in [4.69, 9.17) is 9.84 Å². The Balaban J connectivity index is 0.00000182. The highest BCUT2D eigenvalue weighted by atomic mass is 35.5. The van der Waals surface area contributed by atoms with Crippen LogP contribution in [0.4, 0.5) is 0 Å². The predicted octanol–water partition coefficient (Wildman–Crippen LogP) is 2.37. The van der Waals surface area contributed by atoms with Crippen molar-refractivity contribution in [2.24, 2.45) is 0 Å². The van der Waals surface area contributed by atoms with E-state index in [1.54, 1.807) is 6.20 Å². The fourth-order valence-corrected chi connectivity index (χ4v) is 3.42. The molecule has 1 aliphatic heterocycles. The summed E-state index contributed by atoms with van der Waals surface area (Å²) in [5.74, 6) is 0.111. The first-order chi connectivity index (χ1) is 11.7. The molecule has 2 N–H and O–H groups in total. The van der Waals surface area contributed by atoms with Crippen molar-refractivity contribution >= 4 is 39.9 Å². The van der Waals surface area contributed by atoms with E-state index in [0.717, 1.165) is 10.2 Å². The molecule has 130 valence electrons. The van der Waals surface area contributed by atoms with E-state index in [9.17, 15) is 4.79 Å². The monoisotopic (exact) mass is 378 g/mol. The summed E-state index contributed by atoms with van der Waals surface area (Å²) in [5.41, 5.74) is 0.672. The number of hydrogen-bond acceptors (Lipinski definition) is 7. The molecule has 4 rings (SSSR count). The van der Waals surface area contributed by atoms with E-state index in [1.165, 1.54) is 11.3 Å². The van der Waals surface area contributed by atoms with Gasteiger partial charge in [-0.05, 0) is 23.6 Å². The SMILES string of the molecule is Cl.O=C(O)C1CC(Oc2nc(-c3ccccn3)nc3sccc23)CN1. The number of aliphatic carboxylic acids is 1. The largest absolute Gasteiger partial charge is 0.480 e. The minimum atomic E-state index is -0.862. The Morgan fingerprint density at radius 3 is 2.92 bits per heavy atom. The fourth-order valence-electron chi connectivity index (χ4n) is 2.67. The van der Waals surface area contributed by atoms with Crippen molar-refractivity contribution in [2.75, 3.05) is 6.54 Å². The van der Waals surface area contributed by atoms with Crippen molar-refractivity contribution in [1.82, 2.24) is 20.3 Å². The van der Waals surface area contributed by atoms with Gasteiger partial charge in [0.15, 0.2) is 5.82 Å². The van der Waals surface area contributed by atoms with Crippen molar-refractivity contribution in [1.29, 1.82) is 0 Å². The van der Waals surface area contributed by atoms with Crippen LogP contribution in [0.5, 0.6) is 5.88 Å². The molecular weight excluding hydrogens is 364 g/mol. The van der Waals surface area contributed by atoms with E-state index in [2.05, 4.69) is 20.3 Å². The Hall–Kier alpha value is -2.29. The summed E-state index contributed by atoms with van der Waals surface area (Å²) in [6.45, 7) is 0.478. The molecule has 0 radical (unpaired) electrons. The molecule has 0 aromatic carbocycles. The molecule has 0 spiro atoms. The lowest BCUT2D eigenvalue weighted by Gasteiger charge is -2.13. The van der Waals surface area contributed by atoms with Gasteiger partial charge in [0.25, 0.3) is 0 Å². The van der Waals surface area contributed by atoms with Gasteiger partial charge in [-0.2, -0.15) is 4.98 Å². The summed E-state index contributed by atoms with van der Waals surface area (Å²) in [7, 11) is 0. The highest BCUT2D eigenvalue weighted by Gasteiger charge is 2.31. The number of nitrogens with one attached hydrogen (secondary N) is 1. The first-order valence-corrected chi connectivity index (χ1v) is 8.38. The molecule has 1 aliphatic rings. The second kappa shape index (κ2) is 7.30. The molecule has 1 fully saturated rings. The summed E-state index contributed by atoms with van der Waals surface area (Å²) in [6, 6.07) is 6.89. The van der Waals surface area contributed by atoms with Crippen LogP contribution in [0.15, 0.2) is 35.8 Å². The van der Waals surface area contributed by atoms with Gasteiger partial charge < -0.3 is 15.2 Å². The van der Waals surface area contributed by atoms with Crippen LogP contribution < -0.4 is 10.1 Å². The number of thiophene rings is 1. The highest BCUT2D eigenvalue weighted by molar-refractivity contribution is 7.16. The van der Waals surface area contributed by atoms with Crippen LogP contribution in [0.1, 0.15) is 6.42 Å². The van der Waals surface area contributed by atoms with Gasteiger partial charge in [0.2, 0.25) is 5.88 Å². The molecule has 3 aromatic heterocycles. The summed E-state index contributed by atoms with van der Waals surface area (Å²) in [6.07, 6.45) is 1.86. The summed E-state index contributed by atoms with van der Waals surface area (Å²) in [4.78, 5) is 25.2. The van der Waals surface area contributed by atoms with Crippen LogP contribution in [0, 0.1) is 0 Å². The number of halogens is 1. The normalized spacial score (nSPS) is 19.5.